The Morgan fingerprint density at radius 1 is 1.42 bits per heavy atom. The van der Waals surface area contributed by atoms with E-state index in [4.69, 9.17) is 10.8 Å². The fourth-order valence-electron chi connectivity index (χ4n) is 2.29. The zero-order valence-corrected chi connectivity index (χ0v) is 12.2. The summed E-state index contributed by atoms with van der Waals surface area (Å²) < 4.78 is 57.5. The zero-order chi connectivity index (χ0) is 18.2. The highest BCUT2D eigenvalue weighted by atomic mass is 19.3. The molecule has 2 rings (SSSR count). The van der Waals surface area contributed by atoms with Gasteiger partial charge in [-0.1, -0.05) is 0 Å². The van der Waals surface area contributed by atoms with Crippen LogP contribution in [-0.4, -0.2) is 28.4 Å². The molecule has 1 aromatic heterocycles. The Morgan fingerprint density at radius 3 is 2.54 bits per heavy atom. The van der Waals surface area contributed by atoms with Crippen molar-refractivity contribution in [3.05, 3.63) is 33.9 Å². The van der Waals surface area contributed by atoms with E-state index in [0.29, 0.717) is 6.07 Å². The molecule has 10 heteroatoms. The molecule has 0 aliphatic carbocycles. The highest BCUT2D eigenvalue weighted by Crippen LogP contribution is 2.34. The number of aromatic nitrogens is 1. The first kappa shape index (κ1) is 17.6. The molecule has 1 atom stereocenters. The number of hydrogen-bond acceptors (Lipinski definition) is 4. The van der Waals surface area contributed by atoms with E-state index in [9.17, 15) is 27.2 Å². The SMILES string of the molecule is CC(F)Cn1cc(C(=O)O)c(=O)c2cc(F)c(N)c(OC(F)F)c21. The summed E-state index contributed by atoms with van der Waals surface area (Å²) in [5.74, 6) is -3.72. The van der Waals surface area contributed by atoms with Crippen LogP contribution in [0.3, 0.4) is 0 Å². The summed E-state index contributed by atoms with van der Waals surface area (Å²) in [5.41, 5.74) is 2.28. The van der Waals surface area contributed by atoms with Gasteiger partial charge >= 0.3 is 12.6 Å². The van der Waals surface area contributed by atoms with Crippen molar-refractivity contribution in [3.8, 4) is 5.75 Å². The average Bonchev–Trinajstić information content (AvgIpc) is 2.45. The van der Waals surface area contributed by atoms with Crippen molar-refractivity contribution in [2.45, 2.75) is 26.3 Å². The third kappa shape index (κ3) is 3.12. The molecule has 0 fully saturated rings. The maximum absolute atomic E-state index is 13.8. The number of benzene rings is 1. The quantitative estimate of drug-likeness (QED) is 0.639. The van der Waals surface area contributed by atoms with Gasteiger partial charge in [0.05, 0.1) is 17.4 Å². The number of anilines is 1. The number of alkyl halides is 3. The van der Waals surface area contributed by atoms with Gasteiger partial charge in [-0.05, 0) is 13.0 Å². The van der Waals surface area contributed by atoms with Crippen LogP contribution in [0.4, 0.5) is 23.2 Å². The summed E-state index contributed by atoms with van der Waals surface area (Å²) >= 11 is 0. The standard InChI is InChI=1S/C14H12F4N2O4/c1-5(15)3-20-4-7(13(22)23)11(21)6-2-8(16)9(19)12(10(6)20)24-14(17)18/h2,4-5,14H,3,19H2,1H3,(H,22,23). The van der Waals surface area contributed by atoms with Crippen molar-refractivity contribution in [1.82, 2.24) is 4.57 Å². The van der Waals surface area contributed by atoms with Gasteiger partial charge in [0.1, 0.15) is 17.4 Å². The molecule has 1 aromatic carbocycles. The topological polar surface area (TPSA) is 94.6 Å². The van der Waals surface area contributed by atoms with E-state index in [1.165, 1.54) is 0 Å². The Bertz CT molecular complexity index is 864. The molecule has 0 saturated carbocycles. The second-order valence-electron chi connectivity index (χ2n) is 4.99. The first-order valence-electron chi connectivity index (χ1n) is 6.60. The van der Waals surface area contributed by atoms with Crippen LogP contribution in [0.5, 0.6) is 5.75 Å². The molecule has 2 aromatic rings. The van der Waals surface area contributed by atoms with Gasteiger partial charge < -0.3 is 20.1 Å². The monoisotopic (exact) mass is 348 g/mol. The number of nitrogens with two attached hydrogens (primary N) is 1. The molecule has 130 valence electrons. The van der Waals surface area contributed by atoms with Crippen molar-refractivity contribution < 1.29 is 32.2 Å². The van der Waals surface area contributed by atoms with Crippen LogP contribution in [0.15, 0.2) is 17.1 Å². The van der Waals surface area contributed by atoms with Crippen molar-refractivity contribution in [1.29, 1.82) is 0 Å². The van der Waals surface area contributed by atoms with Gasteiger partial charge in [0.25, 0.3) is 0 Å². The van der Waals surface area contributed by atoms with E-state index in [2.05, 4.69) is 4.74 Å². The molecule has 0 radical (unpaired) electrons. The molecule has 0 aliphatic rings. The van der Waals surface area contributed by atoms with E-state index in [0.717, 1.165) is 17.7 Å². The summed E-state index contributed by atoms with van der Waals surface area (Å²) in [4.78, 5) is 23.3. The maximum atomic E-state index is 13.8. The Labute approximate surface area is 132 Å². The third-order valence-electron chi connectivity index (χ3n) is 3.19. The minimum atomic E-state index is -3.39. The Morgan fingerprint density at radius 2 is 2.04 bits per heavy atom. The number of aromatic carboxylic acids is 1. The van der Waals surface area contributed by atoms with Crippen molar-refractivity contribution in [2.75, 3.05) is 5.73 Å². The second kappa shape index (κ2) is 6.38. The van der Waals surface area contributed by atoms with Gasteiger partial charge in [0, 0.05) is 6.20 Å². The summed E-state index contributed by atoms with van der Waals surface area (Å²) in [6.45, 7) is -2.74. The number of halogens is 4. The lowest BCUT2D eigenvalue weighted by atomic mass is 10.1. The lowest BCUT2D eigenvalue weighted by Crippen LogP contribution is -2.22. The molecule has 24 heavy (non-hydrogen) atoms. The fraction of sp³-hybridized carbons (Fsp3) is 0.286. The number of nitrogens with zero attached hydrogens (tertiary/aromatic N) is 1. The predicted octanol–water partition coefficient (Wildman–Crippen LogP) is 2.38. The maximum Gasteiger partial charge on any atom is 0.387 e. The molecule has 0 spiro atoms. The van der Waals surface area contributed by atoms with Gasteiger partial charge in [-0.2, -0.15) is 8.78 Å². The summed E-state index contributed by atoms with van der Waals surface area (Å²) in [7, 11) is 0. The highest BCUT2D eigenvalue weighted by molar-refractivity contribution is 5.96. The number of pyridine rings is 1. The number of carbonyl (C=O) groups is 1. The number of nitrogen functional groups attached to an aromatic ring is 1. The molecular weight excluding hydrogens is 336 g/mol. The number of fused-ring (bicyclic) bond motifs is 1. The van der Waals surface area contributed by atoms with Crippen LogP contribution in [0.1, 0.15) is 17.3 Å². The molecule has 0 aliphatic heterocycles. The van der Waals surface area contributed by atoms with E-state index >= 15 is 0 Å². The van der Waals surface area contributed by atoms with Gasteiger partial charge in [-0.25, -0.2) is 13.6 Å². The molecule has 1 unspecified atom stereocenters. The van der Waals surface area contributed by atoms with Gasteiger partial charge in [0.15, 0.2) is 11.6 Å². The van der Waals surface area contributed by atoms with E-state index in [-0.39, 0.29) is 0 Å². The normalized spacial score (nSPS) is 12.6. The first-order valence-corrected chi connectivity index (χ1v) is 6.60. The van der Waals surface area contributed by atoms with Crippen LogP contribution in [-0.2, 0) is 6.54 Å². The minimum Gasteiger partial charge on any atom is -0.477 e. The van der Waals surface area contributed by atoms with Gasteiger partial charge in [-0.15, -0.1) is 0 Å². The Balaban J connectivity index is 2.99. The number of carboxylic acids is 1. The molecule has 6 nitrogen and oxygen atoms in total. The smallest absolute Gasteiger partial charge is 0.387 e. The molecule has 0 amide bonds. The Kier molecular flexibility index (Phi) is 4.67. The number of carboxylic acid groups (broad SMARTS) is 1. The zero-order valence-electron chi connectivity index (χ0n) is 12.2. The molecule has 0 bridgehead atoms. The molecule has 0 saturated heterocycles. The number of ether oxygens (including phenoxy) is 1. The average molecular weight is 348 g/mol. The predicted molar refractivity (Wildman–Crippen MR) is 76.7 cm³/mol. The van der Waals surface area contributed by atoms with Crippen LogP contribution >= 0.6 is 0 Å². The second-order valence-corrected chi connectivity index (χ2v) is 4.99. The summed E-state index contributed by atoms with van der Waals surface area (Å²) in [5, 5.41) is 8.49. The number of rotatable bonds is 5. The lowest BCUT2D eigenvalue weighted by Gasteiger charge is -2.18. The van der Waals surface area contributed by atoms with E-state index in [1.54, 1.807) is 0 Å². The highest BCUT2D eigenvalue weighted by Gasteiger charge is 2.24. The van der Waals surface area contributed by atoms with E-state index in [1.807, 2.05) is 0 Å². The van der Waals surface area contributed by atoms with Crippen LogP contribution in [0.2, 0.25) is 0 Å². The Hall–Kier alpha value is -2.78. The van der Waals surface area contributed by atoms with Crippen molar-refractivity contribution in [3.63, 3.8) is 0 Å². The lowest BCUT2D eigenvalue weighted by molar-refractivity contribution is -0.0486. The van der Waals surface area contributed by atoms with Crippen LogP contribution in [0.25, 0.3) is 10.9 Å². The number of hydrogen-bond donors (Lipinski definition) is 2. The first-order chi connectivity index (χ1) is 11.1. The van der Waals surface area contributed by atoms with Gasteiger partial charge in [-0.3, -0.25) is 4.79 Å². The largest absolute Gasteiger partial charge is 0.477 e. The van der Waals surface area contributed by atoms with E-state index < -0.39 is 64.4 Å². The van der Waals surface area contributed by atoms with Crippen LogP contribution < -0.4 is 15.9 Å². The molecule has 1 heterocycles. The van der Waals surface area contributed by atoms with Gasteiger partial charge in [0.2, 0.25) is 5.43 Å². The molecular formula is C14H12F4N2O4. The fourth-order valence-corrected chi connectivity index (χ4v) is 2.29. The van der Waals surface area contributed by atoms with Crippen LogP contribution in [0, 0.1) is 5.82 Å². The van der Waals surface area contributed by atoms with Crippen molar-refractivity contribution in [2.24, 2.45) is 0 Å². The minimum absolute atomic E-state index is 0.409. The summed E-state index contributed by atoms with van der Waals surface area (Å²) in [6, 6.07) is 0.608. The van der Waals surface area contributed by atoms with Crippen molar-refractivity contribution >= 4 is 22.6 Å². The summed E-state index contributed by atoms with van der Waals surface area (Å²) in [6.07, 6.45) is -0.748. The third-order valence-corrected chi connectivity index (χ3v) is 3.19. The molecule has 3 N–H and O–H groups in total.